The lowest BCUT2D eigenvalue weighted by molar-refractivity contribution is 0.104. The number of nitrogens with two attached hydrogens (primary N) is 1. The molecule has 0 aliphatic heterocycles. The number of carbonyl (C=O) groups is 1. The van der Waals surface area contributed by atoms with Crippen molar-refractivity contribution < 1.29 is 9.53 Å². The number of hydrogen-bond donors (Lipinski definition) is 2. The second-order valence-corrected chi connectivity index (χ2v) is 2.88. The van der Waals surface area contributed by atoms with Gasteiger partial charge in [-0.1, -0.05) is 30.3 Å². The SMILES string of the molecule is COC(CNC(N)=O)c1ccccc1. The van der Waals surface area contributed by atoms with Crippen molar-refractivity contribution >= 4 is 6.03 Å². The molecule has 4 nitrogen and oxygen atoms in total. The molecule has 0 aliphatic carbocycles. The summed E-state index contributed by atoms with van der Waals surface area (Å²) >= 11 is 0. The van der Waals surface area contributed by atoms with Gasteiger partial charge in [-0.05, 0) is 5.56 Å². The molecule has 14 heavy (non-hydrogen) atoms. The smallest absolute Gasteiger partial charge is 0.312 e. The highest BCUT2D eigenvalue weighted by Crippen LogP contribution is 2.14. The number of urea groups is 1. The number of carbonyl (C=O) groups excluding carboxylic acids is 1. The van der Waals surface area contributed by atoms with E-state index >= 15 is 0 Å². The van der Waals surface area contributed by atoms with Crippen molar-refractivity contribution in [3.8, 4) is 0 Å². The first-order valence-corrected chi connectivity index (χ1v) is 4.35. The Morgan fingerprint density at radius 2 is 2.14 bits per heavy atom. The van der Waals surface area contributed by atoms with E-state index in [9.17, 15) is 4.79 Å². The van der Waals surface area contributed by atoms with Crippen LogP contribution in [0.3, 0.4) is 0 Å². The Morgan fingerprint density at radius 1 is 1.50 bits per heavy atom. The maximum Gasteiger partial charge on any atom is 0.312 e. The van der Waals surface area contributed by atoms with Gasteiger partial charge in [0.15, 0.2) is 0 Å². The molecule has 3 N–H and O–H groups in total. The predicted molar refractivity (Wildman–Crippen MR) is 53.8 cm³/mol. The lowest BCUT2D eigenvalue weighted by atomic mass is 10.1. The van der Waals surface area contributed by atoms with Crippen molar-refractivity contribution in [3.63, 3.8) is 0 Å². The molecule has 0 saturated carbocycles. The lowest BCUT2D eigenvalue weighted by Crippen LogP contribution is -2.33. The molecule has 4 heteroatoms. The van der Waals surface area contributed by atoms with Crippen LogP contribution >= 0.6 is 0 Å². The van der Waals surface area contributed by atoms with Gasteiger partial charge in [-0.3, -0.25) is 0 Å². The summed E-state index contributed by atoms with van der Waals surface area (Å²) in [4.78, 5) is 10.5. The number of nitrogens with one attached hydrogen (secondary N) is 1. The third kappa shape index (κ3) is 3.06. The van der Waals surface area contributed by atoms with Crippen LogP contribution in [-0.2, 0) is 4.74 Å². The molecule has 0 aromatic heterocycles. The highest BCUT2D eigenvalue weighted by Gasteiger charge is 2.09. The van der Waals surface area contributed by atoms with Crippen molar-refractivity contribution in [1.29, 1.82) is 0 Å². The molecular formula is C10H14N2O2. The quantitative estimate of drug-likeness (QED) is 0.752. The maximum absolute atomic E-state index is 10.5. The third-order valence-electron chi connectivity index (χ3n) is 1.92. The van der Waals surface area contributed by atoms with Gasteiger partial charge in [0.1, 0.15) is 0 Å². The van der Waals surface area contributed by atoms with Crippen LogP contribution in [0.15, 0.2) is 30.3 Å². The molecule has 0 radical (unpaired) electrons. The molecule has 0 saturated heterocycles. The number of primary amides is 1. The number of amides is 2. The van der Waals surface area contributed by atoms with Gasteiger partial charge in [0, 0.05) is 13.7 Å². The Bertz CT molecular complexity index is 287. The van der Waals surface area contributed by atoms with Crippen molar-refractivity contribution in [2.75, 3.05) is 13.7 Å². The first-order chi connectivity index (χ1) is 6.74. The fraction of sp³-hybridized carbons (Fsp3) is 0.300. The number of rotatable bonds is 4. The second kappa shape index (κ2) is 5.24. The van der Waals surface area contributed by atoms with Crippen LogP contribution < -0.4 is 11.1 Å². The third-order valence-corrected chi connectivity index (χ3v) is 1.92. The van der Waals surface area contributed by atoms with Gasteiger partial charge in [-0.15, -0.1) is 0 Å². The summed E-state index contributed by atoms with van der Waals surface area (Å²) in [6, 6.07) is 9.12. The zero-order valence-corrected chi connectivity index (χ0v) is 8.07. The largest absolute Gasteiger partial charge is 0.375 e. The van der Waals surface area contributed by atoms with E-state index in [2.05, 4.69) is 5.32 Å². The zero-order valence-electron chi connectivity index (χ0n) is 8.07. The summed E-state index contributed by atoms with van der Waals surface area (Å²) < 4.78 is 5.22. The summed E-state index contributed by atoms with van der Waals surface area (Å²) in [7, 11) is 1.60. The first kappa shape index (κ1) is 10.5. The van der Waals surface area contributed by atoms with Gasteiger partial charge in [0.2, 0.25) is 0 Å². The van der Waals surface area contributed by atoms with Gasteiger partial charge in [0.05, 0.1) is 6.10 Å². The van der Waals surface area contributed by atoms with Crippen LogP contribution in [-0.4, -0.2) is 19.7 Å². The topological polar surface area (TPSA) is 64.3 Å². The minimum absolute atomic E-state index is 0.149. The van der Waals surface area contributed by atoms with Crippen molar-refractivity contribution in [2.45, 2.75) is 6.10 Å². The predicted octanol–water partition coefficient (Wildman–Crippen LogP) is 1.04. The summed E-state index contributed by atoms with van der Waals surface area (Å²) in [6.45, 7) is 0.385. The molecule has 0 fully saturated rings. The molecule has 1 aromatic carbocycles. The molecule has 76 valence electrons. The van der Waals surface area contributed by atoms with Crippen LogP contribution in [0.1, 0.15) is 11.7 Å². The van der Waals surface area contributed by atoms with Crippen LogP contribution in [0.4, 0.5) is 4.79 Å². The van der Waals surface area contributed by atoms with Gasteiger partial charge in [-0.2, -0.15) is 0 Å². The molecule has 0 bridgehead atoms. The second-order valence-electron chi connectivity index (χ2n) is 2.88. The Kier molecular flexibility index (Phi) is 3.94. The van der Waals surface area contributed by atoms with E-state index in [1.165, 1.54) is 0 Å². The van der Waals surface area contributed by atoms with Crippen LogP contribution in [0.25, 0.3) is 0 Å². The fourth-order valence-electron chi connectivity index (χ4n) is 1.20. The van der Waals surface area contributed by atoms with Crippen LogP contribution in [0.2, 0.25) is 0 Å². The van der Waals surface area contributed by atoms with Gasteiger partial charge in [0.25, 0.3) is 0 Å². The van der Waals surface area contributed by atoms with Gasteiger partial charge >= 0.3 is 6.03 Å². The van der Waals surface area contributed by atoms with Gasteiger partial charge < -0.3 is 15.8 Å². The molecule has 2 amide bonds. The highest BCUT2D eigenvalue weighted by atomic mass is 16.5. The standard InChI is InChI=1S/C10H14N2O2/c1-14-9(7-12-10(11)13)8-5-3-2-4-6-8/h2-6,9H,7H2,1H3,(H3,11,12,13). The van der Waals surface area contributed by atoms with E-state index in [1.54, 1.807) is 7.11 Å². The molecule has 0 spiro atoms. The lowest BCUT2D eigenvalue weighted by Gasteiger charge is -2.15. The minimum Gasteiger partial charge on any atom is -0.375 e. The summed E-state index contributed by atoms with van der Waals surface area (Å²) in [5, 5.41) is 2.51. The maximum atomic E-state index is 10.5. The monoisotopic (exact) mass is 194 g/mol. The summed E-state index contributed by atoms with van der Waals surface area (Å²) in [5.74, 6) is 0. The van der Waals surface area contributed by atoms with Crippen LogP contribution in [0.5, 0.6) is 0 Å². The molecule has 1 aromatic rings. The Hall–Kier alpha value is -1.55. The zero-order chi connectivity index (χ0) is 10.4. The van der Waals surface area contributed by atoms with E-state index in [4.69, 9.17) is 10.5 Å². The average molecular weight is 194 g/mol. The Labute approximate surface area is 83.1 Å². The van der Waals surface area contributed by atoms with E-state index in [0.29, 0.717) is 6.54 Å². The summed E-state index contributed by atoms with van der Waals surface area (Å²) in [5.41, 5.74) is 5.99. The van der Waals surface area contributed by atoms with Crippen molar-refractivity contribution in [3.05, 3.63) is 35.9 Å². The van der Waals surface area contributed by atoms with Crippen molar-refractivity contribution in [1.82, 2.24) is 5.32 Å². The van der Waals surface area contributed by atoms with E-state index in [1.807, 2.05) is 30.3 Å². The molecule has 1 atom stereocenters. The minimum atomic E-state index is -0.539. The normalized spacial score (nSPS) is 12.1. The number of methoxy groups -OCH3 is 1. The van der Waals surface area contributed by atoms with Crippen LogP contribution in [0, 0.1) is 0 Å². The molecule has 1 unspecified atom stereocenters. The Morgan fingerprint density at radius 3 is 2.64 bits per heavy atom. The number of ether oxygens (including phenoxy) is 1. The highest BCUT2D eigenvalue weighted by molar-refractivity contribution is 5.71. The molecule has 0 heterocycles. The van der Waals surface area contributed by atoms with Crippen molar-refractivity contribution in [2.24, 2.45) is 5.73 Å². The molecule has 0 aliphatic rings. The summed E-state index contributed by atoms with van der Waals surface area (Å²) in [6.07, 6.45) is -0.149. The van der Waals surface area contributed by atoms with Gasteiger partial charge in [-0.25, -0.2) is 4.79 Å². The first-order valence-electron chi connectivity index (χ1n) is 4.35. The van der Waals surface area contributed by atoms with E-state index in [-0.39, 0.29) is 6.10 Å². The Balaban J connectivity index is 2.58. The molecule has 1 rings (SSSR count). The molecular weight excluding hydrogens is 180 g/mol. The number of hydrogen-bond acceptors (Lipinski definition) is 2. The van der Waals surface area contributed by atoms with E-state index in [0.717, 1.165) is 5.56 Å². The van der Waals surface area contributed by atoms with E-state index < -0.39 is 6.03 Å². The fourth-order valence-corrected chi connectivity index (χ4v) is 1.20. The number of benzene rings is 1. The average Bonchev–Trinajstić information content (AvgIpc) is 2.20.